The Kier molecular flexibility index (Phi) is 7.45. The van der Waals surface area contributed by atoms with Crippen LogP contribution in [0.2, 0.25) is 5.02 Å². The molecule has 2 aromatic rings. The van der Waals surface area contributed by atoms with Crippen LogP contribution < -0.4 is 10.6 Å². The topological polar surface area (TPSA) is 114 Å². The van der Waals surface area contributed by atoms with E-state index in [2.05, 4.69) is 9.98 Å². The minimum Gasteiger partial charge on any atom is -0.468 e. The van der Waals surface area contributed by atoms with Crippen LogP contribution in [0.25, 0.3) is 0 Å². The summed E-state index contributed by atoms with van der Waals surface area (Å²) < 4.78 is 10.7. The number of carbonyl (C=O) groups excluding carboxylic acids is 1. The number of hydrogen-bond acceptors (Lipinski definition) is 7. The molecule has 0 unspecified atom stereocenters. The molecule has 3 N–H and O–H groups in total. The first-order valence-corrected chi connectivity index (χ1v) is 10.0. The van der Waals surface area contributed by atoms with Crippen molar-refractivity contribution in [3.05, 3.63) is 58.9 Å². The van der Waals surface area contributed by atoms with Gasteiger partial charge in [0.2, 0.25) is 0 Å². The van der Waals surface area contributed by atoms with Crippen LogP contribution >= 0.6 is 23.4 Å². The average Bonchev–Trinajstić information content (AvgIpc) is 2.74. The Bertz CT molecular complexity index is 901. The molecule has 0 bridgehead atoms. The molecule has 2 heterocycles. The molecule has 29 heavy (non-hydrogen) atoms. The van der Waals surface area contributed by atoms with Gasteiger partial charge < -0.3 is 20.1 Å². The van der Waals surface area contributed by atoms with Crippen molar-refractivity contribution in [3.8, 4) is 0 Å². The Labute approximate surface area is 177 Å². The number of amidine groups is 1. The van der Waals surface area contributed by atoms with Gasteiger partial charge in [-0.05, 0) is 23.8 Å². The predicted molar refractivity (Wildman–Crippen MR) is 115 cm³/mol. The number of nitrogens with zero attached hydrogens (tertiary/aromatic N) is 3. The first kappa shape index (κ1) is 21.1. The van der Waals surface area contributed by atoms with Crippen LogP contribution in [-0.4, -0.2) is 47.6 Å². The maximum atomic E-state index is 12.6. The lowest BCUT2D eigenvalue weighted by Crippen LogP contribution is -2.37. The van der Waals surface area contributed by atoms with Crippen LogP contribution in [0.5, 0.6) is 0 Å². The summed E-state index contributed by atoms with van der Waals surface area (Å²) in [7, 11) is 0. The number of halogens is 1. The minimum absolute atomic E-state index is 0.0687. The molecule has 1 aliphatic heterocycles. The second kappa shape index (κ2) is 10.2. The highest BCUT2D eigenvalue weighted by Crippen LogP contribution is 2.21. The minimum atomic E-state index is -0.496. The first-order chi connectivity index (χ1) is 14.0. The van der Waals surface area contributed by atoms with E-state index in [1.54, 1.807) is 36.5 Å². The number of pyridine rings is 1. The van der Waals surface area contributed by atoms with E-state index < -0.39 is 5.91 Å². The molecule has 10 heteroatoms. The van der Waals surface area contributed by atoms with Gasteiger partial charge in [-0.15, -0.1) is 0 Å². The highest BCUT2D eigenvalue weighted by atomic mass is 35.5. The molecule has 3 rings (SSSR count). The Balaban J connectivity index is 1.60. The zero-order chi connectivity index (χ0) is 20.6. The lowest BCUT2D eigenvalue weighted by atomic mass is 10.2. The summed E-state index contributed by atoms with van der Waals surface area (Å²) in [4.78, 5) is 22.7. The van der Waals surface area contributed by atoms with Crippen molar-refractivity contribution in [2.45, 2.75) is 6.61 Å². The number of hydrogen-bond donors (Lipinski definition) is 2. The lowest BCUT2D eigenvalue weighted by molar-refractivity contribution is 0.100. The Hall–Kier alpha value is -2.62. The van der Waals surface area contributed by atoms with Crippen LogP contribution in [0.3, 0.4) is 0 Å². The molecule has 1 aromatic carbocycles. The highest BCUT2D eigenvalue weighted by Gasteiger charge is 2.19. The summed E-state index contributed by atoms with van der Waals surface area (Å²) in [6.45, 7) is 2.71. The van der Waals surface area contributed by atoms with Crippen molar-refractivity contribution in [2.75, 3.05) is 31.2 Å². The van der Waals surface area contributed by atoms with Gasteiger partial charge in [0.05, 0.1) is 30.7 Å². The molecule has 0 atom stereocenters. The van der Waals surface area contributed by atoms with Crippen molar-refractivity contribution in [1.82, 2.24) is 4.98 Å². The van der Waals surface area contributed by atoms with Crippen LogP contribution in [0.4, 0.5) is 5.69 Å². The zero-order valence-electron chi connectivity index (χ0n) is 15.5. The zero-order valence-corrected chi connectivity index (χ0v) is 17.1. The van der Waals surface area contributed by atoms with Gasteiger partial charge in [0.1, 0.15) is 6.61 Å². The summed E-state index contributed by atoms with van der Waals surface area (Å²) >= 11 is 6.62. The van der Waals surface area contributed by atoms with E-state index in [0.29, 0.717) is 42.6 Å². The predicted octanol–water partition coefficient (Wildman–Crippen LogP) is 2.91. The molecule has 1 fully saturated rings. The normalized spacial score (nSPS) is 14.5. The smallest absolute Gasteiger partial charge is 0.281 e. The summed E-state index contributed by atoms with van der Waals surface area (Å²) in [6, 6.07) is 8.70. The summed E-state index contributed by atoms with van der Waals surface area (Å²) in [5, 5.41) is 8.27. The SMILES string of the molecule is N=C(OCc1ccc(Cl)cc1)SC(N)=NC(=O)c1ccncc1N1CCOCC1. The van der Waals surface area contributed by atoms with E-state index in [-0.39, 0.29) is 17.0 Å². The standard InChI is InChI=1S/C19H20ClN5O3S/c20-14-3-1-13(2-4-14)12-28-19(22)29-18(21)24-17(26)15-5-6-23-11-16(15)25-7-9-27-10-8-25/h1-6,11,22H,7-10,12H2,(H2,21,24,26). The molecule has 1 aromatic heterocycles. The maximum absolute atomic E-state index is 12.6. The van der Waals surface area contributed by atoms with E-state index in [9.17, 15) is 4.79 Å². The number of morpholine rings is 1. The molecular weight excluding hydrogens is 414 g/mol. The second-order valence-electron chi connectivity index (χ2n) is 6.05. The van der Waals surface area contributed by atoms with Crippen molar-refractivity contribution >= 4 is 45.4 Å². The number of nitrogens with two attached hydrogens (primary N) is 1. The number of thioether (sulfide) groups is 1. The van der Waals surface area contributed by atoms with E-state index >= 15 is 0 Å². The highest BCUT2D eigenvalue weighted by molar-refractivity contribution is 8.26. The fourth-order valence-corrected chi connectivity index (χ4v) is 3.22. The quantitative estimate of drug-likeness (QED) is 0.562. The van der Waals surface area contributed by atoms with Crippen molar-refractivity contribution in [2.24, 2.45) is 10.7 Å². The van der Waals surface area contributed by atoms with Crippen molar-refractivity contribution in [3.63, 3.8) is 0 Å². The largest absolute Gasteiger partial charge is 0.468 e. The average molecular weight is 434 g/mol. The molecule has 0 spiro atoms. The number of anilines is 1. The number of amides is 1. The monoisotopic (exact) mass is 433 g/mol. The summed E-state index contributed by atoms with van der Waals surface area (Å²) in [6.07, 6.45) is 3.17. The molecular formula is C19H20ClN5O3S. The lowest BCUT2D eigenvalue weighted by Gasteiger charge is -2.29. The van der Waals surface area contributed by atoms with Gasteiger partial charge >= 0.3 is 0 Å². The Morgan fingerprint density at radius 2 is 2.03 bits per heavy atom. The Morgan fingerprint density at radius 1 is 1.31 bits per heavy atom. The van der Waals surface area contributed by atoms with Gasteiger partial charge in [0, 0.05) is 36.1 Å². The fourth-order valence-electron chi connectivity index (χ4n) is 2.66. The third kappa shape index (κ3) is 6.18. The van der Waals surface area contributed by atoms with Gasteiger partial charge in [-0.3, -0.25) is 15.2 Å². The Morgan fingerprint density at radius 3 is 2.76 bits per heavy atom. The molecule has 0 aliphatic carbocycles. The van der Waals surface area contributed by atoms with Gasteiger partial charge in [-0.1, -0.05) is 23.7 Å². The summed E-state index contributed by atoms with van der Waals surface area (Å²) in [5.74, 6) is -0.496. The molecule has 1 aliphatic rings. The number of carbonyl (C=O) groups is 1. The molecule has 1 amide bonds. The summed E-state index contributed by atoms with van der Waals surface area (Å²) in [5.41, 5.74) is 7.79. The van der Waals surface area contributed by atoms with Crippen LogP contribution in [0.15, 0.2) is 47.7 Å². The van der Waals surface area contributed by atoms with E-state index in [1.807, 2.05) is 4.90 Å². The van der Waals surface area contributed by atoms with Gasteiger partial charge in [0.15, 0.2) is 5.17 Å². The number of aliphatic imine (C=N–C) groups is 1. The van der Waals surface area contributed by atoms with Crippen LogP contribution in [0.1, 0.15) is 15.9 Å². The van der Waals surface area contributed by atoms with Crippen LogP contribution in [0, 0.1) is 5.41 Å². The van der Waals surface area contributed by atoms with E-state index in [0.717, 1.165) is 17.3 Å². The van der Waals surface area contributed by atoms with Crippen LogP contribution in [-0.2, 0) is 16.1 Å². The number of ether oxygens (including phenoxy) is 2. The van der Waals surface area contributed by atoms with Crippen molar-refractivity contribution < 1.29 is 14.3 Å². The molecule has 152 valence electrons. The van der Waals surface area contributed by atoms with E-state index in [1.165, 1.54) is 6.20 Å². The molecule has 1 saturated heterocycles. The van der Waals surface area contributed by atoms with Crippen molar-refractivity contribution in [1.29, 1.82) is 5.41 Å². The third-order valence-electron chi connectivity index (χ3n) is 4.07. The maximum Gasteiger partial charge on any atom is 0.281 e. The molecule has 0 radical (unpaired) electrons. The van der Waals surface area contributed by atoms with Gasteiger partial charge in [-0.2, -0.15) is 4.99 Å². The number of rotatable bonds is 4. The first-order valence-electron chi connectivity index (χ1n) is 8.82. The third-order valence-corrected chi connectivity index (χ3v) is 4.93. The molecule has 0 saturated carbocycles. The van der Waals surface area contributed by atoms with E-state index in [4.69, 9.17) is 32.2 Å². The van der Waals surface area contributed by atoms with Gasteiger partial charge in [-0.25, -0.2) is 0 Å². The fraction of sp³-hybridized carbons (Fsp3) is 0.263. The number of aromatic nitrogens is 1. The number of nitrogens with one attached hydrogen (secondary N) is 1. The molecule has 8 nitrogen and oxygen atoms in total. The number of benzene rings is 1. The van der Waals surface area contributed by atoms with Gasteiger partial charge in [0.25, 0.3) is 11.1 Å². The second-order valence-corrected chi connectivity index (χ2v) is 7.48.